The summed E-state index contributed by atoms with van der Waals surface area (Å²) < 4.78 is 1.12. The number of hydrogen-bond acceptors (Lipinski definition) is 2. The number of carbonyl (C=O) groups excluding carboxylic acids is 1. The first-order chi connectivity index (χ1) is 8.79. The predicted molar refractivity (Wildman–Crippen MR) is 77.7 cm³/mol. The molecule has 0 fully saturated rings. The Balaban J connectivity index is 2.32. The molecule has 88 valence electrons. The van der Waals surface area contributed by atoms with Crippen LogP contribution < -0.4 is 0 Å². The molecule has 0 spiro atoms. The summed E-state index contributed by atoms with van der Waals surface area (Å²) in [6, 6.07) is 15.5. The summed E-state index contributed by atoms with van der Waals surface area (Å²) in [6.07, 6.45) is 0.926. The lowest BCUT2D eigenvalue weighted by molar-refractivity contribution is 0.112. The maximum atomic E-state index is 11.3. The summed E-state index contributed by atoms with van der Waals surface area (Å²) in [5.74, 6) is 0. The first kappa shape index (κ1) is 11.5. The predicted octanol–water partition coefficient (Wildman–Crippen LogP) is 5.03. The lowest BCUT2D eigenvalue weighted by Gasteiger charge is -1.99. The van der Waals surface area contributed by atoms with E-state index in [-0.39, 0.29) is 0 Å². The van der Waals surface area contributed by atoms with Gasteiger partial charge in [0.05, 0.1) is 0 Å². The van der Waals surface area contributed by atoms with Gasteiger partial charge in [0.2, 0.25) is 0 Å². The minimum Gasteiger partial charge on any atom is -0.298 e. The fourth-order valence-corrected chi connectivity index (χ4v) is 3.38. The quantitative estimate of drug-likeness (QED) is 0.598. The first-order valence-corrected chi connectivity index (χ1v) is 6.71. The Kier molecular flexibility index (Phi) is 2.90. The lowest BCUT2D eigenvalue weighted by Crippen LogP contribution is -1.81. The summed E-state index contributed by atoms with van der Waals surface area (Å²) in [7, 11) is 0. The minimum absolute atomic E-state index is 0.682. The van der Waals surface area contributed by atoms with Crippen LogP contribution in [0.1, 0.15) is 10.4 Å². The van der Waals surface area contributed by atoms with E-state index in [1.165, 1.54) is 0 Å². The van der Waals surface area contributed by atoms with E-state index in [1.54, 1.807) is 11.3 Å². The first-order valence-electron chi connectivity index (χ1n) is 5.52. The summed E-state index contributed by atoms with van der Waals surface area (Å²) in [5.41, 5.74) is 1.74. The van der Waals surface area contributed by atoms with Crippen molar-refractivity contribution < 1.29 is 4.79 Å². The largest absolute Gasteiger partial charge is 0.298 e. The minimum atomic E-state index is 0.682. The van der Waals surface area contributed by atoms with Crippen molar-refractivity contribution in [1.29, 1.82) is 0 Å². The molecule has 0 aliphatic carbocycles. The Bertz CT molecular complexity index is 730. The normalized spacial score (nSPS) is 10.7. The van der Waals surface area contributed by atoms with Gasteiger partial charge < -0.3 is 0 Å². The van der Waals surface area contributed by atoms with Crippen LogP contribution in [0.3, 0.4) is 0 Å². The standard InChI is InChI=1S/C15H9ClOS/c16-11-5-3-4-10(8-11)15-13(9-17)12-6-1-2-7-14(12)18-15/h1-9H. The highest BCUT2D eigenvalue weighted by molar-refractivity contribution is 7.22. The van der Waals surface area contributed by atoms with Crippen LogP contribution in [0.4, 0.5) is 0 Å². The maximum Gasteiger partial charge on any atom is 0.152 e. The van der Waals surface area contributed by atoms with Crippen molar-refractivity contribution in [2.75, 3.05) is 0 Å². The molecular weight excluding hydrogens is 264 g/mol. The van der Waals surface area contributed by atoms with Crippen molar-refractivity contribution in [2.45, 2.75) is 0 Å². The van der Waals surface area contributed by atoms with Crippen molar-refractivity contribution in [2.24, 2.45) is 0 Å². The van der Waals surface area contributed by atoms with E-state index in [1.807, 2.05) is 48.5 Å². The van der Waals surface area contributed by atoms with Crippen LogP contribution in [-0.2, 0) is 0 Å². The molecule has 2 aromatic carbocycles. The summed E-state index contributed by atoms with van der Waals surface area (Å²) in [5, 5.41) is 1.69. The van der Waals surface area contributed by atoms with Crippen LogP contribution in [0.2, 0.25) is 5.02 Å². The zero-order valence-electron chi connectivity index (χ0n) is 9.39. The van der Waals surface area contributed by atoms with Gasteiger partial charge in [-0.05, 0) is 23.8 Å². The monoisotopic (exact) mass is 272 g/mol. The SMILES string of the molecule is O=Cc1c(-c2cccc(Cl)c2)sc2ccccc12. The average Bonchev–Trinajstić information content (AvgIpc) is 2.77. The van der Waals surface area contributed by atoms with Crippen molar-refractivity contribution in [1.82, 2.24) is 0 Å². The van der Waals surface area contributed by atoms with Gasteiger partial charge in [0, 0.05) is 25.5 Å². The number of carbonyl (C=O) groups is 1. The van der Waals surface area contributed by atoms with E-state index < -0.39 is 0 Å². The molecule has 3 aromatic rings. The highest BCUT2D eigenvalue weighted by Crippen LogP contribution is 2.38. The van der Waals surface area contributed by atoms with Crippen LogP contribution >= 0.6 is 22.9 Å². The third-order valence-corrected chi connectivity index (χ3v) is 4.31. The van der Waals surface area contributed by atoms with Crippen LogP contribution in [-0.4, -0.2) is 6.29 Å². The third kappa shape index (κ3) is 1.84. The molecule has 0 radical (unpaired) electrons. The Morgan fingerprint density at radius 1 is 1.06 bits per heavy atom. The van der Waals surface area contributed by atoms with E-state index in [2.05, 4.69) is 0 Å². The number of rotatable bonds is 2. The van der Waals surface area contributed by atoms with Gasteiger partial charge in [-0.25, -0.2) is 0 Å². The van der Waals surface area contributed by atoms with E-state index >= 15 is 0 Å². The lowest BCUT2D eigenvalue weighted by atomic mass is 10.1. The van der Waals surface area contributed by atoms with Gasteiger partial charge in [-0.15, -0.1) is 11.3 Å². The van der Waals surface area contributed by atoms with Gasteiger partial charge in [0.1, 0.15) is 0 Å². The second-order valence-corrected chi connectivity index (χ2v) is 5.46. The molecule has 18 heavy (non-hydrogen) atoms. The molecule has 0 N–H and O–H groups in total. The molecule has 1 aromatic heterocycles. The highest BCUT2D eigenvalue weighted by Gasteiger charge is 2.12. The summed E-state index contributed by atoms with van der Waals surface area (Å²) in [6.45, 7) is 0. The number of benzene rings is 2. The Morgan fingerprint density at radius 2 is 1.89 bits per heavy atom. The molecule has 0 saturated heterocycles. The molecule has 3 heteroatoms. The number of hydrogen-bond donors (Lipinski definition) is 0. The molecule has 0 saturated carbocycles. The molecule has 0 aliphatic rings. The second kappa shape index (κ2) is 4.56. The van der Waals surface area contributed by atoms with Crippen molar-refractivity contribution >= 4 is 39.3 Å². The fraction of sp³-hybridized carbons (Fsp3) is 0. The third-order valence-electron chi connectivity index (χ3n) is 2.84. The molecule has 0 bridgehead atoms. The number of fused-ring (bicyclic) bond motifs is 1. The van der Waals surface area contributed by atoms with Gasteiger partial charge in [0.25, 0.3) is 0 Å². The van der Waals surface area contributed by atoms with Crippen LogP contribution in [0.25, 0.3) is 20.5 Å². The van der Waals surface area contributed by atoms with Gasteiger partial charge in [-0.3, -0.25) is 4.79 Å². The molecule has 3 rings (SSSR count). The number of aldehydes is 1. The zero-order valence-corrected chi connectivity index (χ0v) is 11.0. The topological polar surface area (TPSA) is 17.1 Å². The maximum absolute atomic E-state index is 11.3. The molecule has 1 nitrogen and oxygen atoms in total. The van der Waals surface area contributed by atoms with Gasteiger partial charge >= 0.3 is 0 Å². The summed E-state index contributed by atoms with van der Waals surface area (Å²) in [4.78, 5) is 12.3. The van der Waals surface area contributed by atoms with E-state index in [4.69, 9.17) is 11.6 Å². The fourth-order valence-electron chi connectivity index (χ4n) is 2.03. The highest BCUT2D eigenvalue weighted by atomic mass is 35.5. The Labute approximate surface area is 114 Å². The molecule has 0 aliphatic heterocycles. The zero-order chi connectivity index (χ0) is 12.5. The molecule has 0 amide bonds. The van der Waals surface area contributed by atoms with E-state index in [9.17, 15) is 4.79 Å². The van der Waals surface area contributed by atoms with Gasteiger partial charge in [0.15, 0.2) is 6.29 Å². The average molecular weight is 273 g/mol. The number of thiophene rings is 1. The van der Waals surface area contributed by atoms with Crippen LogP contribution in [0, 0.1) is 0 Å². The smallest absolute Gasteiger partial charge is 0.152 e. The van der Waals surface area contributed by atoms with Gasteiger partial charge in [-0.2, -0.15) is 0 Å². The molecule has 0 atom stereocenters. The second-order valence-electron chi connectivity index (χ2n) is 3.97. The number of halogens is 1. The van der Waals surface area contributed by atoms with Crippen molar-refractivity contribution in [3.05, 3.63) is 59.1 Å². The van der Waals surface area contributed by atoms with Crippen LogP contribution in [0.5, 0.6) is 0 Å². The van der Waals surface area contributed by atoms with Crippen molar-refractivity contribution in [3.8, 4) is 10.4 Å². The van der Waals surface area contributed by atoms with Gasteiger partial charge in [-0.1, -0.05) is 41.9 Å². The Morgan fingerprint density at radius 3 is 2.67 bits per heavy atom. The molecular formula is C15H9ClOS. The van der Waals surface area contributed by atoms with E-state index in [0.717, 1.165) is 32.4 Å². The van der Waals surface area contributed by atoms with E-state index in [0.29, 0.717) is 5.02 Å². The van der Waals surface area contributed by atoms with Crippen molar-refractivity contribution in [3.63, 3.8) is 0 Å². The van der Waals surface area contributed by atoms with Crippen LogP contribution in [0.15, 0.2) is 48.5 Å². The molecule has 0 unspecified atom stereocenters. The Hall–Kier alpha value is -1.64. The molecule has 1 heterocycles. The summed E-state index contributed by atoms with van der Waals surface area (Å²) >= 11 is 7.63.